The van der Waals surface area contributed by atoms with Crippen LogP contribution in [-0.4, -0.2) is 14.4 Å². The van der Waals surface area contributed by atoms with Crippen molar-refractivity contribution < 1.29 is 9.13 Å². The Bertz CT molecular complexity index is 1580. The van der Waals surface area contributed by atoms with E-state index in [2.05, 4.69) is 16.0 Å². The molecule has 5 rings (SSSR count). The summed E-state index contributed by atoms with van der Waals surface area (Å²) in [5.41, 5.74) is 0.840. The highest BCUT2D eigenvalue weighted by Crippen LogP contribution is 2.30. The van der Waals surface area contributed by atoms with E-state index in [9.17, 15) is 14.4 Å². The first kappa shape index (κ1) is 19.6. The molecule has 5 aromatic rings. The maximum Gasteiger partial charge on any atom is 0.269 e. The number of pyridine rings is 1. The number of hydrogen-bond acceptors (Lipinski definition) is 6. The molecular formula is C24H13FN4O2S. The number of nitriles is 1. The van der Waals surface area contributed by atoms with Gasteiger partial charge in [-0.3, -0.25) is 9.20 Å². The second kappa shape index (κ2) is 8.06. The van der Waals surface area contributed by atoms with Gasteiger partial charge in [0.15, 0.2) is 11.6 Å². The third kappa shape index (κ3) is 3.51. The van der Waals surface area contributed by atoms with E-state index in [1.807, 2.05) is 24.3 Å². The maximum absolute atomic E-state index is 14.2. The number of ether oxygens (including phenoxy) is 1. The van der Waals surface area contributed by atoms with Crippen LogP contribution in [0.2, 0.25) is 0 Å². The molecule has 0 amide bonds. The number of allylic oxidation sites excluding steroid dienone is 1. The van der Waals surface area contributed by atoms with Crippen molar-refractivity contribution in [3.63, 3.8) is 0 Å². The van der Waals surface area contributed by atoms with Crippen LogP contribution in [0.1, 0.15) is 10.6 Å². The molecule has 0 fully saturated rings. The minimum absolute atomic E-state index is 0.0211. The molecule has 0 aliphatic carbocycles. The van der Waals surface area contributed by atoms with Crippen molar-refractivity contribution in [3.8, 4) is 17.7 Å². The van der Waals surface area contributed by atoms with E-state index in [0.29, 0.717) is 10.7 Å². The molecule has 0 saturated carbocycles. The topological polar surface area (TPSA) is 80.3 Å². The number of benzene rings is 2. The highest BCUT2D eigenvalue weighted by atomic mass is 32.1. The number of aromatic nitrogens is 3. The van der Waals surface area contributed by atoms with Crippen LogP contribution >= 0.6 is 11.3 Å². The van der Waals surface area contributed by atoms with Crippen molar-refractivity contribution in [2.45, 2.75) is 0 Å². The van der Waals surface area contributed by atoms with Crippen molar-refractivity contribution in [2.24, 2.45) is 0 Å². The van der Waals surface area contributed by atoms with Gasteiger partial charge in [0, 0.05) is 6.20 Å². The van der Waals surface area contributed by atoms with Crippen LogP contribution in [0.5, 0.6) is 11.6 Å². The van der Waals surface area contributed by atoms with Crippen molar-refractivity contribution >= 4 is 38.8 Å². The van der Waals surface area contributed by atoms with Crippen LogP contribution in [0.3, 0.4) is 0 Å². The van der Waals surface area contributed by atoms with Crippen LogP contribution in [0.25, 0.3) is 27.5 Å². The zero-order valence-corrected chi connectivity index (χ0v) is 17.2. The molecule has 8 heteroatoms. The molecule has 0 spiro atoms. The van der Waals surface area contributed by atoms with Gasteiger partial charge in [0.1, 0.15) is 22.3 Å². The van der Waals surface area contributed by atoms with Gasteiger partial charge < -0.3 is 4.74 Å². The summed E-state index contributed by atoms with van der Waals surface area (Å²) in [5, 5.41) is 10.3. The van der Waals surface area contributed by atoms with E-state index in [4.69, 9.17) is 4.74 Å². The van der Waals surface area contributed by atoms with E-state index in [0.717, 1.165) is 10.2 Å². The summed E-state index contributed by atoms with van der Waals surface area (Å²) in [7, 11) is 0. The van der Waals surface area contributed by atoms with Gasteiger partial charge in [-0.05, 0) is 42.5 Å². The molecule has 2 aromatic carbocycles. The van der Waals surface area contributed by atoms with Gasteiger partial charge in [0.2, 0.25) is 5.88 Å². The molecule has 3 heterocycles. The highest BCUT2D eigenvalue weighted by molar-refractivity contribution is 7.19. The summed E-state index contributed by atoms with van der Waals surface area (Å²) < 4.78 is 22.2. The van der Waals surface area contributed by atoms with Crippen molar-refractivity contribution in [1.82, 2.24) is 14.4 Å². The Morgan fingerprint density at radius 2 is 1.84 bits per heavy atom. The monoisotopic (exact) mass is 440 g/mol. The summed E-state index contributed by atoms with van der Waals surface area (Å²) in [5.74, 6) is -0.767. The number of rotatable bonds is 4. The van der Waals surface area contributed by atoms with Crippen LogP contribution in [0.4, 0.5) is 4.39 Å². The van der Waals surface area contributed by atoms with Gasteiger partial charge in [-0.15, -0.1) is 11.3 Å². The lowest BCUT2D eigenvalue weighted by molar-refractivity contribution is 0.426. The van der Waals surface area contributed by atoms with Gasteiger partial charge in [-0.1, -0.05) is 30.3 Å². The minimum atomic E-state index is -0.593. The predicted octanol–water partition coefficient (Wildman–Crippen LogP) is 5.30. The fraction of sp³-hybridized carbons (Fsp3) is 0. The van der Waals surface area contributed by atoms with Crippen molar-refractivity contribution in [1.29, 1.82) is 5.26 Å². The zero-order chi connectivity index (χ0) is 22.1. The number of thiazole rings is 1. The van der Waals surface area contributed by atoms with Gasteiger partial charge >= 0.3 is 0 Å². The lowest BCUT2D eigenvalue weighted by Gasteiger charge is -2.10. The molecule has 0 unspecified atom stereocenters. The van der Waals surface area contributed by atoms with Crippen LogP contribution in [0, 0.1) is 17.1 Å². The normalized spacial score (nSPS) is 11.6. The van der Waals surface area contributed by atoms with Crippen molar-refractivity contribution in [2.75, 3.05) is 0 Å². The molecule has 154 valence electrons. The third-order valence-electron chi connectivity index (χ3n) is 4.71. The number of nitrogens with zero attached hydrogens (tertiary/aromatic N) is 4. The Balaban J connectivity index is 1.72. The number of para-hydroxylation sites is 2. The summed E-state index contributed by atoms with van der Waals surface area (Å²) in [6, 6.07) is 20.5. The maximum atomic E-state index is 14.2. The molecule has 0 atom stereocenters. The van der Waals surface area contributed by atoms with Gasteiger partial charge in [-0.2, -0.15) is 10.2 Å². The Morgan fingerprint density at radius 3 is 2.66 bits per heavy atom. The SMILES string of the molecule is N#CC(=Cc1c(Oc2ccccc2F)nc2ccccn2c1=O)c1nc2ccccc2s1. The Hall–Kier alpha value is -4.35. The Labute approximate surface area is 185 Å². The average Bonchev–Trinajstić information content (AvgIpc) is 3.24. The standard InChI is InChI=1S/C24H13FN4O2S/c25-17-7-1-3-9-19(17)31-22-16(24(30)29-12-6-5-11-21(29)28-22)13-15(14-26)23-27-18-8-2-4-10-20(18)32-23/h1-13H. The minimum Gasteiger partial charge on any atom is -0.435 e. The van der Waals surface area contributed by atoms with E-state index in [1.54, 1.807) is 30.5 Å². The number of hydrogen-bond donors (Lipinski definition) is 0. The van der Waals surface area contributed by atoms with Crippen LogP contribution < -0.4 is 10.3 Å². The lowest BCUT2D eigenvalue weighted by atomic mass is 10.2. The average molecular weight is 440 g/mol. The molecule has 0 saturated heterocycles. The molecule has 0 N–H and O–H groups in total. The zero-order valence-electron chi connectivity index (χ0n) is 16.4. The van der Waals surface area contributed by atoms with E-state index in [1.165, 1.54) is 40.0 Å². The third-order valence-corrected chi connectivity index (χ3v) is 5.78. The largest absolute Gasteiger partial charge is 0.435 e. The number of fused-ring (bicyclic) bond motifs is 2. The second-order valence-electron chi connectivity index (χ2n) is 6.75. The molecule has 6 nitrogen and oxygen atoms in total. The molecule has 32 heavy (non-hydrogen) atoms. The molecular weight excluding hydrogens is 427 g/mol. The van der Waals surface area contributed by atoms with Gasteiger partial charge in [0.05, 0.1) is 15.8 Å². The van der Waals surface area contributed by atoms with Gasteiger partial charge in [0.25, 0.3) is 5.56 Å². The quantitative estimate of drug-likeness (QED) is 0.354. The lowest BCUT2D eigenvalue weighted by Crippen LogP contribution is -2.18. The first-order valence-corrected chi connectivity index (χ1v) is 10.4. The predicted molar refractivity (Wildman–Crippen MR) is 121 cm³/mol. The molecule has 0 radical (unpaired) electrons. The van der Waals surface area contributed by atoms with E-state index in [-0.39, 0.29) is 22.8 Å². The number of halogens is 1. The first-order chi connectivity index (χ1) is 15.6. The first-order valence-electron chi connectivity index (χ1n) is 9.55. The molecule has 3 aromatic heterocycles. The van der Waals surface area contributed by atoms with E-state index < -0.39 is 11.4 Å². The van der Waals surface area contributed by atoms with Crippen LogP contribution in [0.15, 0.2) is 77.7 Å². The summed E-state index contributed by atoms with van der Waals surface area (Å²) in [6.45, 7) is 0. The van der Waals surface area contributed by atoms with Crippen LogP contribution in [-0.2, 0) is 0 Å². The van der Waals surface area contributed by atoms with Gasteiger partial charge in [-0.25, -0.2) is 9.37 Å². The summed E-state index contributed by atoms with van der Waals surface area (Å²) in [6.07, 6.45) is 2.96. The highest BCUT2D eigenvalue weighted by Gasteiger charge is 2.17. The summed E-state index contributed by atoms with van der Waals surface area (Å²) in [4.78, 5) is 22.2. The molecule has 0 aliphatic heterocycles. The summed E-state index contributed by atoms with van der Waals surface area (Å²) >= 11 is 1.34. The smallest absolute Gasteiger partial charge is 0.269 e. The Kier molecular flexibility index (Phi) is 4.94. The molecule has 0 aliphatic rings. The second-order valence-corrected chi connectivity index (χ2v) is 7.78. The molecule has 0 bridgehead atoms. The Morgan fingerprint density at radius 1 is 1.06 bits per heavy atom. The fourth-order valence-corrected chi connectivity index (χ4v) is 4.12. The fourth-order valence-electron chi connectivity index (χ4n) is 3.19. The van der Waals surface area contributed by atoms with E-state index >= 15 is 0 Å². The van der Waals surface area contributed by atoms with Crippen molar-refractivity contribution in [3.05, 3.63) is 99.7 Å².